The maximum atomic E-state index is 2.76. The third-order valence-corrected chi connectivity index (χ3v) is 5.80. The van der Waals surface area contributed by atoms with Crippen LogP contribution in [0.15, 0.2) is 0 Å². The van der Waals surface area contributed by atoms with Gasteiger partial charge < -0.3 is 14.7 Å². The predicted octanol–water partition coefficient (Wildman–Crippen LogP) is 3.80. The van der Waals surface area contributed by atoms with Crippen molar-refractivity contribution >= 4 is 0 Å². The van der Waals surface area contributed by atoms with E-state index in [0.717, 1.165) is 11.3 Å². The minimum absolute atomic E-state index is 0.719. The first-order valence-electron chi connectivity index (χ1n) is 10.3. The van der Waals surface area contributed by atoms with Gasteiger partial charge in [0.25, 0.3) is 0 Å². The highest BCUT2D eigenvalue weighted by atomic mass is 15.2. The molecule has 3 aliphatic rings. The average Bonchev–Trinajstić information content (AvgIpc) is 2.60. The molecule has 0 radical (unpaired) electrons. The number of rotatable bonds is 3. The molecule has 138 valence electrons. The number of hydrogen-bond donors (Lipinski definition) is 0. The van der Waals surface area contributed by atoms with E-state index in [1.165, 1.54) is 78.0 Å². The van der Waals surface area contributed by atoms with Crippen LogP contribution < -0.4 is 0 Å². The molecule has 1 spiro atoms. The quantitative estimate of drug-likeness (QED) is 0.781. The number of piperidine rings is 2. The second-order valence-electron chi connectivity index (χ2n) is 7.35. The molecule has 0 bridgehead atoms. The van der Waals surface area contributed by atoms with Gasteiger partial charge in [-0.05, 0) is 76.8 Å². The van der Waals surface area contributed by atoms with Crippen LogP contribution in [0.4, 0.5) is 0 Å². The monoisotopic (exact) mass is 325 g/mol. The molecule has 3 nitrogen and oxygen atoms in total. The van der Waals surface area contributed by atoms with Gasteiger partial charge >= 0.3 is 0 Å². The molecule has 3 heterocycles. The van der Waals surface area contributed by atoms with Gasteiger partial charge in [-0.25, -0.2) is 0 Å². The van der Waals surface area contributed by atoms with Gasteiger partial charge in [-0.2, -0.15) is 0 Å². The molecule has 0 saturated carbocycles. The first-order chi connectivity index (χ1) is 11.2. The van der Waals surface area contributed by atoms with Crippen LogP contribution in [-0.4, -0.2) is 74.1 Å². The van der Waals surface area contributed by atoms with Gasteiger partial charge in [0.1, 0.15) is 0 Å². The molecule has 3 rings (SSSR count). The van der Waals surface area contributed by atoms with E-state index < -0.39 is 0 Å². The van der Waals surface area contributed by atoms with Gasteiger partial charge in [-0.3, -0.25) is 0 Å². The molecular weight excluding hydrogens is 282 g/mol. The Kier molecular flexibility index (Phi) is 9.72. The molecule has 0 unspecified atom stereocenters. The van der Waals surface area contributed by atoms with Crippen molar-refractivity contribution in [2.24, 2.45) is 11.3 Å². The standard InChI is InChI=1S/C16H31N3.2C2H6/c1-3-18-8-4-15(5-9-18)12-19-10-6-16(7-11-19)13-17(2)14-16;2*1-2/h15H,3-14H2,1-2H3;2*1-2H3. The van der Waals surface area contributed by atoms with Gasteiger partial charge in [-0.1, -0.05) is 34.6 Å². The predicted molar refractivity (Wildman–Crippen MR) is 103 cm³/mol. The highest BCUT2D eigenvalue weighted by Crippen LogP contribution is 2.39. The summed E-state index contributed by atoms with van der Waals surface area (Å²) in [5.74, 6) is 0.973. The topological polar surface area (TPSA) is 9.72 Å². The third-order valence-electron chi connectivity index (χ3n) is 5.80. The van der Waals surface area contributed by atoms with Gasteiger partial charge in [-0.15, -0.1) is 0 Å². The zero-order chi connectivity index (χ0) is 17.3. The Morgan fingerprint density at radius 3 is 1.78 bits per heavy atom. The molecule has 3 fully saturated rings. The van der Waals surface area contributed by atoms with Gasteiger partial charge in [0.2, 0.25) is 0 Å². The van der Waals surface area contributed by atoms with Crippen LogP contribution in [0.1, 0.15) is 60.3 Å². The van der Waals surface area contributed by atoms with Crippen molar-refractivity contribution in [1.82, 2.24) is 14.7 Å². The Hall–Kier alpha value is -0.120. The summed E-state index contributed by atoms with van der Waals surface area (Å²) in [4.78, 5) is 7.85. The summed E-state index contributed by atoms with van der Waals surface area (Å²) in [6, 6.07) is 0. The lowest BCUT2D eigenvalue weighted by molar-refractivity contribution is -0.0353. The smallest absolute Gasteiger partial charge is 0.00484 e. The van der Waals surface area contributed by atoms with Crippen LogP contribution in [0, 0.1) is 11.3 Å². The van der Waals surface area contributed by atoms with Crippen LogP contribution in [-0.2, 0) is 0 Å². The highest BCUT2D eigenvalue weighted by molar-refractivity contribution is 4.97. The van der Waals surface area contributed by atoms with Crippen LogP contribution in [0.2, 0.25) is 0 Å². The Labute approximate surface area is 146 Å². The SMILES string of the molecule is CC.CC.CCN1CCC(CN2CCC3(CC2)CN(C)C3)CC1. The molecule has 0 aromatic carbocycles. The van der Waals surface area contributed by atoms with Crippen molar-refractivity contribution in [3.05, 3.63) is 0 Å². The lowest BCUT2D eigenvalue weighted by atomic mass is 9.72. The van der Waals surface area contributed by atoms with Crippen molar-refractivity contribution in [3.8, 4) is 0 Å². The lowest BCUT2D eigenvalue weighted by Crippen LogP contribution is -2.59. The van der Waals surface area contributed by atoms with Gasteiger partial charge in [0.15, 0.2) is 0 Å². The molecule has 0 aromatic heterocycles. The molecule has 0 N–H and O–H groups in total. The Morgan fingerprint density at radius 1 is 0.826 bits per heavy atom. The van der Waals surface area contributed by atoms with Crippen LogP contribution in [0.3, 0.4) is 0 Å². The summed E-state index contributed by atoms with van der Waals surface area (Å²) < 4.78 is 0. The minimum atomic E-state index is 0.719. The lowest BCUT2D eigenvalue weighted by Gasteiger charge is -2.53. The summed E-state index contributed by atoms with van der Waals surface area (Å²) in [6.07, 6.45) is 5.76. The molecule has 3 aliphatic heterocycles. The maximum Gasteiger partial charge on any atom is 0.00484 e. The molecular formula is C20H43N3. The first-order valence-corrected chi connectivity index (χ1v) is 10.3. The molecule has 23 heavy (non-hydrogen) atoms. The molecule has 0 aromatic rings. The summed E-state index contributed by atoms with van der Waals surface area (Å²) in [5.41, 5.74) is 0.719. The van der Waals surface area contributed by atoms with E-state index in [1.54, 1.807) is 0 Å². The van der Waals surface area contributed by atoms with E-state index in [4.69, 9.17) is 0 Å². The zero-order valence-corrected chi connectivity index (χ0v) is 16.9. The van der Waals surface area contributed by atoms with Crippen molar-refractivity contribution in [1.29, 1.82) is 0 Å². The number of nitrogens with zero attached hydrogens (tertiary/aromatic N) is 3. The van der Waals surface area contributed by atoms with E-state index in [-0.39, 0.29) is 0 Å². The maximum absolute atomic E-state index is 2.76. The second-order valence-corrected chi connectivity index (χ2v) is 7.35. The molecule has 0 aliphatic carbocycles. The fourth-order valence-corrected chi connectivity index (χ4v) is 4.48. The van der Waals surface area contributed by atoms with E-state index in [0.29, 0.717) is 0 Å². The van der Waals surface area contributed by atoms with E-state index in [2.05, 4.69) is 28.7 Å². The van der Waals surface area contributed by atoms with E-state index >= 15 is 0 Å². The number of likely N-dealkylation sites (tertiary alicyclic amines) is 3. The van der Waals surface area contributed by atoms with Crippen molar-refractivity contribution in [3.63, 3.8) is 0 Å². The Bertz CT molecular complexity index is 281. The van der Waals surface area contributed by atoms with Crippen LogP contribution in [0.5, 0.6) is 0 Å². The summed E-state index contributed by atoms with van der Waals surface area (Å²) in [5, 5.41) is 0. The molecule has 0 amide bonds. The summed E-state index contributed by atoms with van der Waals surface area (Å²) >= 11 is 0. The Balaban J connectivity index is 0.000000615. The van der Waals surface area contributed by atoms with Gasteiger partial charge in [0.05, 0.1) is 0 Å². The summed E-state index contributed by atoms with van der Waals surface area (Å²) in [7, 11) is 2.26. The van der Waals surface area contributed by atoms with Crippen LogP contribution >= 0.6 is 0 Å². The van der Waals surface area contributed by atoms with E-state index in [1.807, 2.05) is 27.7 Å². The van der Waals surface area contributed by atoms with Crippen molar-refractivity contribution in [2.75, 3.05) is 59.4 Å². The molecule has 0 atom stereocenters. The third kappa shape index (κ3) is 6.03. The van der Waals surface area contributed by atoms with Crippen LogP contribution in [0.25, 0.3) is 0 Å². The molecule has 3 heteroatoms. The van der Waals surface area contributed by atoms with Crippen molar-refractivity contribution in [2.45, 2.75) is 60.3 Å². The zero-order valence-electron chi connectivity index (χ0n) is 16.9. The molecule has 3 saturated heterocycles. The highest BCUT2D eigenvalue weighted by Gasteiger charge is 2.43. The first kappa shape index (κ1) is 20.9. The minimum Gasteiger partial charge on any atom is -0.305 e. The number of hydrogen-bond acceptors (Lipinski definition) is 3. The fourth-order valence-electron chi connectivity index (χ4n) is 4.48. The summed E-state index contributed by atoms with van der Waals surface area (Å²) in [6.45, 7) is 21.0. The Morgan fingerprint density at radius 2 is 1.35 bits per heavy atom. The van der Waals surface area contributed by atoms with Crippen molar-refractivity contribution < 1.29 is 0 Å². The van der Waals surface area contributed by atoms with Gasteiger partial charge in [0, 0.05) is 19.6 Å². The normalized spacial score (nSPS) is 25.8. The average molecular weight is 326 g/mol. The van der Waals surface area contributed by atoms with E-state index in [9.17, 15) is 0 Å². The largest absolute Gasteiger partial charge is 0.305 e. The fraction of sp³-hybridized carbons (Fsp3) is 1.00. The second kappa shape index (κ2) is 10.7.